The van der Waals surface area contributed by atoms with Crippen molar-refractivity contribution in [1.82, 2.24) is 14.8 Å². The van der Waals surface area contributed by atoms with Crippen molar-refractivity contribution in [1.29, 1.82) is 0 Å². The van der Waals surface area contributed by atoms with Crippen molar-refractivity contribution in [3.63, 3.8) is 0 Å². The Morgan fingerprint density at radius 1 is 1.00 bits per heavy atom. The van der Waals surface area contributed by atoms with E-state index in [4.69, 9.17) is 15.6 Å². The Hall–Kier alpha value is -3.34. The number of amides is 1. The van der Waals surface area contributed by atoms with Crippen LogP contribution < -0.4 is 10.6 Å². The standard InChI is InChI=1S/C29H40N6O4/c1-20(2)23-17-24(26(37)18-25(23)36)29-34(12-11-32-13-15-39-16-14-32)31-28(27(30)38)35(29)22-7-5-21(6-8-22)19-33-9-3-4-10-33/h5-8,17-18,20,29,36-37H,3-4,9-16,19H2,1-2H3,(H2,30,38). The van der Waals surface area contributed by atoms with E-state index in [1.54, 1.807) is 4.90 Å². The molecule has 210 valence electrons. The summed E-state index contributed by atoms with van der Waals surface area (Å²) in [6, 6.07) is 11.3. The van der Waals surface area contributed by atoms with Crippen LogP contribution in [0.15, 0.2) is 41.5 Å². The van der Waals surface area contributed by atoms with Gasteiger partial charge in [0.15, 0.2) is 6.17 Å². The van der Waals surface area contributed by atoms with E-state index in [2.05, 4.69) is 21.9 Å². The summed E-state index contributed by atoms with van der Waals surface area (Å²) in [5.74, 6) is -0.513. The van der Waals surface area contributed by atoms with Gasteiger partial charge in [0.05, 0.1) is 19.8 Å². The van der Waals surface area contributed by atoms with Gasteiger partial charge in [-0.25, -0.2) is 0 Å². The van der Waals surface area contributed by atoms with Gasteiger partial charge in [-0.15, -0.1) is 0 Å². The van der Waals surface area contributed by atoms with Gasteiger partial charge in [0, 0.05) is 43.5 Å². The van der Waals surface area contributed by atoms with Crippen LogP contribution in [0.5, 0.6) is 11.5 Å². The Bertz CT molecular complexity index is 1190. The number of primary amides is 1. The van der Waals surface area contributed by atoms with Crippen LogP contribution in [-0.2, 0) is 16.1 Å². The van der Waals surface area contributed by atoms with Crippen LogP contribution in [-0.4, -0.2) is 89.2 Å². The molecule has 2 aromatic carbocycles. The second-order valence-corrected chi connectivity index (χ2v) is 10.9. The van der Waals surface area contributed by atoms with Crippen LogP contribution in [0.1, 0.15) is 55.5 Å². The number of phenolic OH excluding ortho intramolecular Hbond substituents is 2. The van der Waals surface area contributed by atoms with Gasteiger partial charge < -0.3 is 20.7 Å². The lowest BCUT2D eigenvalue weighted by Crippen LogP contribution is -2.43. The molecular formula is C29H40N6O4. The third-order valence-electron chi connectivity index (χ3n) is 7.84. The molecule has 3 heterocycles. The first-order chi connectivity index (χ1) is 18.8. The number of carbonyl (C=O) groups excluding carboxylic acids is 1. The highest BCUT2D eigenvalue weighted by atomic mass is 16.5. The maximum absolute atomic E-state index is 12.7. The topological polar surface area (TPSA) is 118 Å². The maximum Gasteiger partial charge on any atom is 0.286 e. The number of amidine groups is 1. The molecule has 10 nitrogen and oxygen atoms in total. The number of hydrogen-bond acceptors (Lipinski definition) is 9. The molecule has 3 aliphatic heterocycles. The first-order valence-electron chi connectivity index (χ1n) is 13.9. The number of phenols is 2. The zero-order chi connectivity index (χ0) is 27.5. The molecule has 1 amide bonds. The Labute approximate surface area is 230 Å². The van der Waals surface area contributed by atoms with Crippen molar-refractivity contribution in [2.45, 2.75) is 45.3 Å². The van der Waals surface area contributed by atoms with Gasteiger partial charge in [0.2, 0.25) is 5.84 Å². The van der Waals surface area contributed by atoms with E-state index < -0.39 is 12.1 Å². The molecule has 1 unspecified atom stereocenters. The zero-order valence-corrected chi connectivity index (χ0v) is 22.9. The number of aromatic hydroxyl groups is 2. The molecule has 5 rings (SSSR count). The molecule has 2 fully saturated rings. The van der Waals surface area contributed by atoms with E-state index in [0.717, 1.165) is 38.4 Å². The van der Waals surface area contributed by atoms with E-state index in [0.29, 0.717) is 37.4 Å². The van der Waals surface area contributed by atoms with Crippen molar-refractivity contribution in [3.05, 3.63) is 53.1 Å². The predicted octanol–water partition coefficient (Wildman–Crippen LogP) is 2.77. The quantitative estimate of drug-likeness (QED) is 0.448. The summed E-state index contributed by atoms with van der Waals surface area (Å²) >= 11 is 0. The fourth-order valence-corrected chi connectivity index (χ4v) is 5.69. The fraction of sp³-hybridized carbons (Fsp3) is 0.517. The summed E-state index contributed by atoms with van der Waals surface area (Å²) in [6.45, 7) is 11.4. The molecular weight excluding hydrogens is 496 g/mol. The van der Waals surface area contributed by atoms with Crippen molar-refractivity contribution in [2.75, 3.05) is 57.4 Å². The first-order valence-corrected chi connectivity index (χ1v) is 13.9. The maximum atomic E-state index is 12.7. The average molecular weight is 537 g/mol. The summed E-state index contributed by atoms with van der Waals surface area (Å²) < 4.78 is 5.49. The van der Waals surface area contributed by atoms with E-state index >= 15 is 0 Å². The normalized spacial score (nSPS) is 20.7. The zero-order valence-electron chi connectivity index (χ0n) is 22.9. The van der Waals surface area contributed by atoms with Crippen LogP contribution in [0.4, 0.5) is 5.69 Å². The van der Waals surface area contributed by atoms with Crippen LogP contribution in [0.2, 0.25) is 0 Å². The second-order valence-electron chi connectivity index (χ2n) is 10.9. The largest absolute Gasteiger partial charge is 0.508 e. The number of hydrazone groups is 1. The minimum Gasteiger partial charge on any atom is -0.508 e. The molecule has 0 aromatic heterocycles. The number of carbonyl (C=O) groups is 1. The van der Waals surface area contributed by atoms with Crippen LogP contribution in [0.25, 0.3) is 0 Å². The number of rotatable bonds is 9. The molecule has 4 N–H and O–H groups in total. The van der Waals surface area contributed by atoms with Crippen molar-refractivity contribution >= 4 is 17.4 Å². The molecule has 0 aliphatic carbocycles. The SMILES string of the molecule is CC(C)c1cc(C2N(CCN3CCOCC3)N=C(C(N)=O)N2c2ccc(CN3CCCC3)cc2)c(O)cc1O. The highest BCUT2D eigenvalue weighted by Gasteiger charge is 2.40. The summed E-state index contributed by atoms with van der Waals surface area (Å²) in [6.07, 6.45) is 1.86. The third-order valence-corrected chi connectivity index (χ3v) is 7.84. The summed E-state index contributed by atoms with van der Waals surface area (Å²) in [4.78, 5) is 19.3. The highest BCUT2D eigenvalue weighted by molar-refractivity contribution is 6.43. The Morgan fingerprint density at radius 3 is 2.33 bits per heavy atom. The number of ether oxygens (including phenoxy) is 1. The molecule has 39 heavy (non-hydrogen) atoms. The second kappa shape index (κ2) is 11.8. The predicted molar refractivity (Wildman–Crippen MR) is 151 cm³/mol. The third kappa shape index (κ3) is 5.98. The van der Waals surface area contributed by atoms with Crippen molar-refractivity contribution in [3.8, 4) is 11.5 Å². The average Bonchev–Trinajstić information content (AvgIpc) is 3.56. The lowest BCUT2D eigenvalue weighted by molar-refractivity contribution is -0.112. The van der Waals surface area contributed by atoms with E-state index in [9.17, 15) is 15.0 Å². The molecule has 0 spiro atoms. The molecule has 2 aromatic rings. The summed E-state index contributed by atoms with van der Waals surface area (Å²) in [7, 11) is 0. The summed E-state index contributed by atoms with van der Waals surface area (Å²) in [5, 5.41) is 28.1. The van der Waals surface area contributed by atoms with Crippen LogP contribution in [0, 0.1) is 0 Å². The molecule has 1 atom stereocenters. The van der Waals surface area contributed by atoms with Gasteiger partial charge in [-0.1, -0.05) is 26.0 Å². The Kier molecular flexibility index (Phi) is 8.25. The molecule has 0 saturated carbocycles. The number of benzene rings is 2. The molecule has 10 heteroatoms. The number of morpholine rings is 1. The van der Waals surface area contributed by atoms with Gasteiger partial charge in [-0.3, -0.25) is 24.5 Å². The van der Waals surface area contributed by atoms with E-state index in [-0.39, 0.29) is 23.3 Å². The van der Waals surface area contributed by atoms with Crippen molar-refractivity contribution < 1.29 is 19.7 Å². The minimum absolute atomic E-state index is 0.0300. The number of nitrogens with zero attached hydrogens (tertiary/aromatic N) is 5. The fourth-order valence-electron chi connectivity index (χ4n) is 5.69. The molecule has 2 saturated heterocycles. The van der Waals surface area contributed by atoms with Gasteiger partial charge in [0.1, 0.15) is 11.5 Å². The summed E-state index contributed by atoms with van der Waals surface area (Å²) in [5.41, 5.74) is 9.10. The number of hydrogen-bond donors (Lipinski definition) is 3. The van der Waals surface area contributed by atoms with E-state index in [1.807, 2.05) is 37.1 Å². The van der Waals surface area contributed by atoms with Gasteiger partial charge in [-0.05, 0) is 61.2 Å². The molecule has 0 radical (unpaired) electrons. The Balaban J connectivity index is 1.51. The lowest BCUT2D eigenvalue weighted by atomic mass is 9.97. The van der Waals surface area contributed by atoms with Crippen LogP contribution in [0.3, 0.4) is 0 Å². The van der Waals surface area contributed by atoms with Crippen LogP contribution >= 0.6 is 0 Å². The van der Waals surface area contributed by atoms with Gasteiger partial charge >= 0.3 is 0 Å². The highest BCUT2D eigenvalue weighted by Crippen LogP contribution is 2.42. The van der Waals surface area contributed by atoms with Gasteiger partial charge in [0.25, 0.3) is 5.91 Å². The first kappa shape index (κ1) is 27.2. The number of anilines is 1. The van der Waals surface area contributed by atoms with E-state index in [1.165, 1.54) is 24.5 Å². The Morgan fingerprint density at radius 2 is 1.69 bits per heavy atom. The lowest BCUT2D eigenvalue weighted by Gasteiger charge is -2.34. The minimum atomic E-state index is -0.641. The number of likely N-dealkylation sites (tertiary alicyclic amines) is 1. The van der Waals surface area contributed by atoms with Crippen molar-refractivity contribution in [2.24, 2.45) is 10.8 Å². The number of nitrogens with two attached hydrogens (primary N) is 1. The monoisotopic (exact) mass is 536 g/mol. The van der Waals surface area contributed by atoms with Gasteiger partial charge in [-0.2, -0.15) is 5.10 Å². The smallest absolute Gasteiger partial charge is 0.286 e. The molecule has 3 aliphatic rings. The molecule has 0 bridgehead atoms.